The van der Waals surface area contributed by atoms with E-state index in [1.807, 2.05) is 0 Å². The van der Waals surface area contributed by atoms with Gasteiger partial charge in [0.2, 0.25) is 0 Å². The molecule has 0 aliphatic heterocycles. The van der Waals surface area contributed by atoms with E-state index in [0.29, 0.717) is 0 Å². The van der Waals surface area contributed by atoms with Gasteiger partial charge in [0.05, 0.1) is 7.21 Å². The molecular weight excluding hydrogens is 217 g/mol. The zero-order valence-corrected chi connectivity index (χ0v) is 12.6. The molecule has 80 valence electrons. The molecule has 0 radical (unpaired) electrons. The normalized spacial score (nSPS) is 14.1. The molecule has 0 unspecified atom stereocenters. The van der Waals surface area contributed by atoms with Gasteiger partial charge in [0.15, 0.2) is 0 Å². The molecule has 13 heavy (non-hydrogen) atoms. The summed E-state index contributed by atoms with van der Waals surface area (Å²) in [7, 11) is -3.73. The van der Waals surface area contributed by atoms with Crippen molar-refractivity contribution in [2.45, 2.75) is 0 Å². The number of rotatable bonds is 2. The smallest absolute Gasteiger partial charge is 0.0707 e. The summed E-state index contributed by atoms with van der Waals surface area (Å²) in [6.07, 6.45) is 4.11. The first-order chi connectivity index (χ1) is 5.41. The van der Waals surface area contributed by atoms with E-state index in [0.717, 1.165) is 0 Å². The molecule has 0 fully saturated rings. The van der Waals surface area contributed by atoms with E-state index in [4.69, 9.17) is 9.03 Å². The Bertz CT molecular complexity index is 315. The molecule has 0 atom stereocenters. The van der Waals surface area contributed by atoms with Gasteiger partial charge in [0.25, 0.3) is 0 Å². The molecule has 0 aliphatic carbocycles. The predicted octanol–water partition coefficient (Wildman–Crippen LogP) is 4.08. The largest absolute Gasteiger partial charge is 0.264 e. The second kappa shape index (κ2) is 4.09. The standard InChI is InChI=1S/C8H23N2P3/c1-11(2,3)9-13(7,8)10-12(4,5)6/h1H2,2-8H3. The van der Waals surface area contributed by atoms with Gasteiger partial charge in [-0.3, -0.25) is 9.03 Å². The van der Waals surface area contributed by atoms with Crippen molar-refractivity contribution in [1.82, 2.24) is 0 Å². The van der Waals surface area contributed by atoms with Gasteiger partial charge >= 0.3 is 0 Å². The average molecular weight is 240 g/mol. The molecule has 0 aromatic carbocycles. The molecule has 0 bridgehead atoms. The van der Waals surface area contributed by atoms with E-state index < -0.39 is 21.3 Å². The van der Waals surface area contributed by atoms with Crippen molar-refractivity contribution in [1.29, 1.82) is 0 Å². The lowest BCUT2D eigenvalue weighted by Crippen LogP contribution is -1.76. The highest BCUT2D eigenvalue weighted by atomic mass is 31.2. The minimum Gasteiger partial charge on any atom is -0.264 e. The summed E-state index contributed by atoms with van der Waals surface area (Å²) >= 11 is 0. The SMILES string of the molecule is C=P(C)(C)N=P(C)(C)N=P(C)(C)C. The van der Waals surface area contributed by atoms with Gasteiger partial charge in [-0.1, -0.05) is 6.30 Å². The van der Waals surface area contributed by atoms with Crippen LogP contribution < -0.4 is 0 Å². The minimum atomic E-state index is -1.40. The molecule has 0 aromatic heterocycles. The molecular formula is C8H23N2P3. The van der Waals surface area contributed by atoms with Crippen LogP contribution in [0.1, 0.15) is 0 Å². The molecule has 0 rings (SSSR count). The third-order valence-corrected chi connectivity index (χ3v) is 8.53. The van der Waals surface area contributed by atoms with E-state index in [-0.39, 0.29) is 0 Å². The Labute approximate surface area is 83.7 Å². The van der Waals surface area contributed by atoms with Crippen LogP contribution in [-0.2, 0) is 0 Å². The van der Waals surface area contributed by atoms with Gasteiger partial charge in [-0.15, -0.1) is 0 Å². The first-order valence-corrected chi connectivity index (χ1v) is 12.7. The zero-order chi connectivity index (χ0) is 10.9. The first kappa shape index (κ1) is 13.8. The van der Waals surface area contributed by atoms with Crippen molar-refractivity contribution < 1.29 is 0 Å². The summed E-state index contributed by atoms with van der Waals surface area (Å²) < 4.78 is 9.67. The Hall–Kier alpha value is 0.760. The van der Waals surface area contributed by atoms with Crippen molar-refractivity contribution in [2.75, 3.05) is 46.7 Å². The Morgan fingerprint density at radius 3 is 1.38 bits per heavy atom. The summed E-state index contributed by atoms with van der Waals surface area (Å²) in [4.78, 5) is 0. The lowest BCUT2D eigenvalue weighted by atomic mass is 11.9. The highest BCUT2D eigenvalue weighted by molar-refractivity contribution is 7.82. The predicted molar refractivity (Wildman–Crippen MR) is 74.2 cm³/mol. The van der Waals surface area contributed by atoms with Gasteiger partial charge in [-0.25, -0.2) is 0 Å². The number of nitrogens with zero attached hydrogens (tertiary/aromatic N) is 2. The number of hydrogen-bond acceptors (Lipinski definition) is 1. The van der Waals surface area contributed by atoms with Gasteiger partial charge < -0.3 is 0 Å². The maximum Gasteiger partial charge on any atom is 0.0707 e. The van der Waals surface area contributed by atoms with Gasteiger partial charge in [0, 0.05) is 0 Å². The number of hydrogen-bond donors (Lipinski definition) is 0. The fourth-order valence-electron chi connectivity index (χ4n) is 1.27. The van der Waals surface area contributed by atoms with Crippen LogP contribution in [0.3, 0.4) is 0 Å². The van der Waals surface area contributed by atoms with E-state index in [1.165, 1.54) is 0 Å². The summed E-state index contributed by atoms with van der Waals surface area (Å²) in [5.41, 5.74) is 0. The van der Waals surface area contributed by atoms with Crippen molar-refractivity contribution in [2.24, 2.45) is 9.03 Å². The van der Waals surface area contributed by atoms with Crippen molar-refractivity contribution in [3.05, 3.63) is 0 Å². The third kappa shape index (κ3) is 9.07. The molecule has 0 aliphatic rings. The van der Waals surface area contributed by atoms with Crippen LogP contribution in [0.4, 0.5) is 0 Å². The molecule has 0 N–H and O–H groups in total. The molecule has 0 aromatic rings. The van der Waals surface area contributed by atoms with Crippen LogP contribution in [0.5, 0.6) is 0 Å². The summed E-state index contributed by atoms with van der Waals surface area (Å²) in [5.74, 6) is 0. The van der Waals surface area contributed by atoms with E-state index >= 15 is 0 Å². The lowest BCUT2D eigenvalue weighted by molar-refractivity contribution is 1.72. The first-order valence-electron chi connectivity index (χ1n) is 4.25. The second-order valence-electron chi connectivity index (χ2n) is 5.08. The van der Waals surface area contributed by atoms with Gasteiger partial charge in [-0.05, 0) is 60.7 Å². The summed E-state index contributed by atoms with van der Waals surface area (Å²) in [6, 6.07) is 0. The monoisotopic (exact) mass is 240 g/mol. The molecule has 0 heterocycles. The zero-order valence-electron chi connectivity index (χ0n) is 9.94. The van der Waals surface area contributed by atoms with Crippen molar-refractivity contribution >= 4 is 27.6 Å². The average Bonchev–Trinajstić information content (AvgIpc) is 1.43. The van der Waals surface area contributed by atoms with Crippen LogP contribution in [-0.4, -0.2) is 53.0 Å². The van der Waals surface area contributed by atoms with Crippen molar-refractivity contribution in [3.63, 3.8) is 0 Å². The molecule has 0 saturated carbocycles. The van der Waals surface area contributed by atoms with Crippen LogP contribution in [0.15, 0.2) is 9.03 Å². The van der Waals surface area contributed by atoms with Gasteiger partial charge in [-0.2, -0.15) is 0 Å². The maximum absolute atomic E-state index is 4.87. The Morgan fingerprint density at radius 1 is 0.769 bits per heavy atom. The highest BCUT2D eigenvalue weighted by Crippen LogP contribution is 2.60. The maximum atomic E-state index is 4.87. The Balaban J connectivity index is 5.25. The third-order valence-electron chi connectivity index (χ3n) is 0.948. The van der Waals surface area contributed by atoms with E-state index in [9.17, 15) is 0 Å². The molecule has 0 spiro atoms. The van der Waals surface area contributed by atoms with Gasteiger partial charge in [0.1, 0.15) is 0 Å². The van der Waals surface area contributed by atoms with Crippen LogP contribution >= 0.6 is 21.3 Å². The second-order valence-corrected chi connectivity index (χ2v) is 16.3. The van der Waals surface area contributed by atoms with Crippen molar-refractivity contribution in [3.8, 4) is 0 Å². The minimum absolute atomic E-state index is 1.05. The van der Waals surface area contributed by atoms with E-state index in [2.05, 4.69) is 53.0 Å². The molecule has 0 saturated heterocycles. The Kier molecular flexibility index (Phi) is 4.33. The van der Waals surface area contributed by atoms with Crippen LogP contribution in [0, 0.1) is 0 Å². The fourth-order valence-corrected chi connectivity index (χ4v) is 11.7. The summed E-state index contributed by atoms with van der Waals surface area (Å²) in [6.45, 7) is 15.4. The van der Waals surface area contributed by atoms with E-state index in [1.54, 1.807) is 0 Å². The quantitative estimate of drug-likeness (QED) is 0.650. The molecule has 0 amide bonds. The Morgan fingerprint density at radius 2 is 1.15 bits per heavy atom. The topological polar surface area (TPSA) is 24.7 Å². The molecule has 5 heteroatoms. The fraction of sp³-hybridized carbons (Fsp3) is 0.875. The van der Waals surface area contributed by atoms with Crippen LogP contribution in [0.25, 0.3) is 0 Å². The lowest BCUT2D eigenvalue weighted by Gasteiger charge is -2.18. The molecule has 2 nitrogen and oxygen atoms in total. The van der Waals surface area contributed by atoms with Crippen LogP contribution in [0.2, 0.25) is 0 Å². The highest BCUT2D eigenvalue weighted by Gasteiger charge is 2.08. The summed E-state index contributed by atoms with van der Waals surface area (Å²) in [5, 5.41) is 0.